The van der Waals surface area contributed by atoms with E-state index in [2.05, 4.69) is 5.32 Å². The number of rotatable bonds is 2. The Kier molecular flexibility index (Phi) is 4.85. The van der Waals surface area contributed by atoms with Crippen LogP contribution in [0.2, 0.25) is 0 Å². The quantitative estimate of drug-likeness (QED) is 0.814. The molecular weight excluding hydrogens is 284 g/mol. The van der Waals surface area contributed by atoms with Crippen LogP contribution in [-0.4, -0.2) is 65.3 Å². The van der Waals surface area contributed by atoms with Crippen LogP contribution in [0.3, 0.4) is 0 Å². The first kappa shape index (κ1) is 16.1. The van der Waals surface area contributed by atoms with Crippen molar-refractivity contribution in [3.8, 4) is 0 Å². The maximum Gasteiger partial charge on any atom is 0.270 e. The lowest BCUT2D eigenvalue weighted by Gasteiger charge is -2.23. The number of carbonyl (C=O) groups excluding carboxylic acids is 3. The van der Waals surface area contributed by atoms with Crippen LogP contribution in [0.1, 0.15) is 17.4 Å². The van der Waals surface area contributed by atoms with Gasteiger partial charge in [0.2, 0.25) is 11.8 Å². The SMILES string of the molecule is CNC(=O)[C@@H]1CN(C(C)=O)CCN(C(=O)c2cccn2C)C1. The highest BCUT2D eigenvalue weighted by molar-refractivity contribution is 5.93. The lowest BCUT2D eigenvalue weighted by molar-refractivity contribution is -0.130. The molecule has 1 saturated heterocycles. The molecule has 1 N–H and O–H groups in total. The summed E-state index contributed by atoms with van der Waals surface area (Å²) in [6, 6.07) is 3.56. The van der Waals surface area contributed by atoms with Crippen molar-refractivity contribution in [3.05, 3.63) is 24.0 Å². The Morgan fingerprint density at radius 1 is 1.18 bits per heavy atom. The van der Waals surface area contributed by atoms with E-state index >= 15 is 0 Å². The van der Waals surface area contributed by atoms with Crippen molar-refractivity contribution >= 4 is 17.7 Å². The summed E-state index contributed by atoms with van der Waals surface area (Å²) in [5, 5.41) is 2.61. The second-order valence-corrected chi connectivity index (χ2v) is 5.53. The molecule has 2 rings (SSSR count). The minimum Gasteiger partial charge on any atom is -0.359 e. The minimum absolute atomic E-state index is 0.0814. The molecule has 7 nitrogen and oxygen atoms in total. The molecule has 0 radical (unpaired) electrons. The predicted octanol–water partition coefficient (Wildman–Crippen LogP) is -0.308. The van der Waals surface area contributed by atoms with E-state index in [-0.39, 0.29) is 17.7 Å². The van der Waals surface area contributed by atoms with Crippen LogP contribution in [0.5, 0.6) is 0 Å². The number of aromatic nitrogens is 1. The molecule has 120 valence electrons. The molecule has 2 heterocycles. The average Bonchev–Trinajstić information content (AvgIpc) is 2.79. The Morgan fingerprint density at radius 3 is 2.36 bits per heavy atom. The topological polar surface area (TPSA) is 74.7 Å². The monoisotopic (exact) mass is 306 g/mol. The number of nitrogens with zero attached hydrogens (tertiary/aromatic N) is 3. The molecule has 22 heavy (non-hydrogen) atoms. The third kappa shape index (κ3) is 3.29. The van der Waals surface area contributed by atoms with Gasteiger partial charge in [-0.15, -0.1) is 0 Å². The molecule has 1 aromatic heterocycles. The summed E-state index contributed by atoms with van der Waals surface area (Å²) in [5.74, 6) is -0.771. The van der Waals surface area contributed by atoms with Gasteiger partial charge >= 0.3 is 0 Å². The third-order valence-corrected chi connectivity index (χ3v) is 4.03. The second-order valence-electron chi connectivity index (χ2n) is 5.53. The summed E-state index contributed by atoms with van der Waals surface area (Å²) in [4.78, 5) is 39.6. The normalized spacial score (nSPS) is 18.8. The number of hydrogen-bond donors (Lipinski definition) is 1. The Balaban J connectivity index is 2.21. The first-order valence-corrected chi connectivity index (χ1v) is 7.31. The molecule has 1 aliphatic heterocycles. The van der Waals surface area contributed by atoms with Crippen molar-refractivity contribution in [3.63, 3.8) is 0 Å². The van der Waals surface area contributed by atoms with E-state index in [1.807, 2.05) is 19.3 Å². The van der Waals surface area contributed by atoms with E-state index in [9.17, 15) is 14.4 Å². The molecule has 1 atom stereocenters. The molecule has 1 aliphatic rings. The van der Waals surface area contributed by atoms with E-state index in [4.69, 9.17) is 0 Å². The molecule has 1 fully saturated rings. The highest BCUT2D eigenvalue weighted by Gasteiger charge is 2.31. The zero-order chi connectivity index (χ0) is 16.3. The summed E-state index contributed by atoms with van der Waals surface area (Å²) in [6.07, 6.45) is 1.81. The second kappa shape index (κ2) is 6.64. The smallest absolute Gasteiger partial charge is 0.270 e. The van der Waals surface area contributed by atoms with Crippen molar-refractivity contribution in [2.75, 3.05) is 33.2 Å². The number of nitrogens with one attached hydrogen (secondary N) is 1. The van der Waals surface area contributed by atoms with Crippen molar-refractivity contribution < 1.29 is 14.4 Å². The molecule has 0 saturated carbocycles. The van der Waals surface area contributed by atoms with Gasteiger partial charge in [0.05, 0.1) is 5.92 Å². The van der Waals surface area contributed by atoms with Crippen LogP contribution in [0.15, 0.2) is 18.3 Å². The van der Waals surface area contributed by atoms with Gasteiger partial charge in [-0.05, 0) is 12.1 Å². The highest BCUT2D eigenvalue weighted by Crippen LogP contribution is 2.14. The molecule has 0 bridgehead atoms. The van der Waals surface area contributed by atoms with E-state index < -0.39 is 5.92 Å². The third-order valence-electron chi connectivity index (χ3n) is 4.03. The molecule has 1 aromatic rings. The summed E-state index contributed by atoms with van der Waals surface area (Å²) in [6.45, 7) is 3.01. The van der Waals surface area contributed by atoms with Crippen LogP contribution in [0, 0.1) is 5.92 Å². The van der Waals surface area contributed by atoms with Gasteiger partial charge in [0.1, 0.15) is 5.69 Å². The van der Waals surface area contributed by atoms with Gasteiger partial charge in [-0.2, -0.15) is 0 Å². The van der Waals surface area contributed by atoms with Crippen LogP contribution in [0.25, 0.3) is 0 Å². The maximum absolute atomic E-state index is 12.6. The molecule has 7 heteroatoms. The lowest BCUT2D eigenvalue weighted by Crippen LogP contribution is -2.42. The largest absolute Gasteiger partial charge is 0.359 e. The summed E-state index contributed by atoms with van der Waals surface area (Å²) in [7, 11) is 3.37. The summed E-state index contributed by atoms with van der Waals surface area (Å²) in [5.41, 5.74) is 0.576. The molecular formula is C15H22N4O3. The number of amides is 3. The lowest BCUT2D eigenvalue weighted by atomic mass is 10.1. The first-order chi connectivity index (χ1) is 10.4. The van der Waals surface area contributed by atoms with Crippen molar-refractivity contribution in [1.82, 2.24) is 19.7 Å². The fraction of sp³-hybridized carbons (Fsp3) is 0.533. The van der Waals surface area contributed by atoms with Crippen LogP contribution < -0.4 is 5.32 Å². The molecule has 0 aliphatic carbocycles. The van der Waals surface area contributed by atoms with E-state index in [1.165, 1.54) is 6.92 Å². The maximum atomic E-state index is 12.6. The van der Waals surface area contributed by atoms with Gasteiger partial charge in [-0.3, -0.25) is 14.4 Å². The zero-order valence-corrected chi connectivity index (χ0v) is 13.2. The Morgan fingerprint density at radius 2 is 1.82 bits per heavy atom. The van der Waals surface area contributed by atoms with Gasteiger partial charge in [0, 0.05) is 53.4 Å². The van der Waals surface area contributed by atoms with Crippen molar-refractivity contribution in [2.45, 2.75) is 6.92 Å². The number of carbonyl (C=O) groups is 3. The molecule has 0 aromatic carbocycles. The molecule has 3 amide bonds. The van der Waals surface area contributed by atoms with Gasteiger partial charge in [-0.25, -0.2) is 0 Å². The average molecular weight is 306 g/mol. The zero-order valence-electron chi connectivity index (χ0n) is 13.2. The van der Waals surface area contributed by atoms with E-state index in [0.717, 1.165) is 0 Å². The first-order valence-electron chi connectivity index (χ1n) is 7.31. The van der Waals surface area contributed by atoms with Crippen LogP contribution in [0.4, 0.5) is 0 Å². The van der Waals surface area contributed by atoms with E-state index in [1.54, 1.807) is 27.5 Å². The summed E-state index contributed by atoms with van der Waals surface area (Å²) < 4.78 is 1.75. The number of aryl methyl sites for hydroxylation is 1. The van der Waals surface area contributed by atoms with Gasteiger partial charge in [0.15, 0.2) is 0 Å². The van der Waals surface area contributed by atoms with Gasteiger partial charge < -0.3 is 19.7 Å². The Bertz CT molecular complexity index is 581. The van der Waals surface area contributed by atoms with Crippen molar-refractivity contribution in [2.24, 2.45) is 13.0 Å². The van der Waals surface area contributed by atoms with Crippen LogP contribution >= 0.6 is 0 Å². The van der Waals surface area contributed by atoms with Crippen LogP contribution in [-0.2, 0) is 16.6 Å². The van der Waals surface area contributed by atoms with Gasteiger partial charge in [0.25, 0.3) is 5.91 Å². The standard InChI is InChI=1S/C15H22N4O3/c1-11(20)18-7-8-19(10-12(9-18)14(21)16-2)15(22)13-5-4-6-17(13)3/h4-6,12H,7-10H2,1-3H3,(H,16,21)/t12-/m1/s1. The minimum atomic E-state index is -0.416. The molecule has 0 unspecified atom stereocenters. The fourth-order valence-corrected chi connectivity index (χ4v) is 2.70. The fourth-order valence-electron chi connectivity index (χ4n) is 2.70. The Labute approximate surface area is 129 Å². The Hall–Kier alpha value is -2.31. The van der Waals surface area contributed by atoms with Crippen molar-refractivity contribution in [1.29, 1.82) is 0 Å². The molecule has 0 spiro atoms. The highest BCUT2D eigenvalue weighted by atomic mass is 16.2. The predicted molar refractivity (Wildman–Crippen MR) is 81.1 cm³/mol. The summed E-state index contributed by atoms with van der Waals surface area (Å²) >= 11 is 0. The number of hydrogen-bond acceptors (Lipinski definition) is 3. The van der Waals surface area contributed by atoms with E-state index in [0.29, 0.717) is 31.9 Å². The van der Waals surface area contributed by atoms with Gasteiger partial charge in [-0.1, -0.05) is 0 Å².